The van der Waals surface area contributed by atoms with E-state index >= 15 is 0 Å². The van der Waals surface area contributed by atoms with Crippen LogP contribution in [0.5, 0.6) is 11.5 Å². The fourth-order valence-electron chi connectivity index (χ4n) is 4.57. The second kappa shape index (κ2) is 10.9. The normalized spacial score (nSPS) is 10.9. The second-order valence-corrected chi connectivity index (χ2v) is 9.86. The minimum atomic E-state index is 0.0406. The molecule has 0 saturated carbocycles. The van der Waals surface area contributed by atoms with Gasteiger partial charge in [0.2, 0.25) is 0 Å². The van der Waals surface area contributed by atoms with E-state index in [-0.39, 0.29) is 5.75 Å². The molecule has 1 aromatic heterocycles. The zero-order chi connectivity index (χ0) is 27.5. The van der Waals surface area contributed by atoms with E-state index in [0.717, 1.165) is 33.4 Å². The number of phenolic OH excluding ortho intramolecular Hbond substituents is 1. The van der Waals surface area contributed by atoms with Gasteiger partial charge in [-0.2, -0.15) is 0 Å². The molecule has 5 heteroatoms. The van der Waals surface area contributed by atoms with Gasteiger partial charge in [0.1, 0.15) is 18.1 Å². The Morgan fingerprint density at radius 2 is 1.18 bits per heavy atom. The van der Waals surface area contributed by atoms with Crippen molar-refractivity contribution in [3.63, 3.8) is 0 Å². The summed E-state index contributed by atoms with van der Waals surface area (Å²) in [4.78, 5) is 14.5. The maximum atomic E-state index is 11.0. The lowest BCUT2D eigenvalue weighted by molar-refractivity contribution is 0.304. The Labute approximate surface area is 229 Å². The Balaban J connectivity index is 1.53. The van der Waals surface area contributed by atoms with Crippen LogP contribution in [-0.4, -0.2) is 20.1 Å². The van der Waals surface area contributed by atoms with Gasteiger partial charge in [0.25, 0.3) is 0 Å². The first-order valence-electron chi connectivity index (χ1n) is 12.9. The van der Waals surface area contributed by atoms with Gasteiger partial charge in [0.15, 0.2) is 17.5 Å². The van der Waals surface area contributed by atoms with E-state index in [4.69, 9.17) is 19.7 Å². The molecule has 0 saturated heterocycles. The first-order valence-corrected chi connectivity index (χ1v) is 12.9. The average Bonchev–Trinajstić information content (AvgIpc) is 2.92. The van der Waals surface area contributed by atoms with Crippen molar-refractivity contribution in [1.82, 2.24) is 15.0 Å². The molecule has 0 fully saturated rings. The number of benzene rings is 4. The van der Waals surface area contributed by atoms with Crippen LogP contribution in [0.25, 0.3) is 40.2 Å². The van der Waals surface area contributed by atoms with Gasteiger partial charge in [0, 0.05) is 17.2 Å². The van der Waals surface area contributed by atoms with Gasteiger partial charge >= 0.3 is 0 Å². The van der Waals surface area contributed by atoms with E-state index in [0.29, 0.717) is 35.4 Å². The first-order chi connectivity index (χ1) is 18.8. The predicted molar refractivity (Wildman–Crippen MR) is 158 cm³/mol. The molecule has 0 aliphatic rings. The molecule has 5 aromatic rings. The molecule has 0 aliphatic carbocycles. The molecule has 4 aromatic carbocycles. The molecule has 1 heterocycles. The fraction of sp³-hybridized carbons (Fsp3) is 0.147. The minimum absolute atomic E-state index is 0.0406. The van der Waals surface area contributed by atoms with E-state index in [1.165, 1.54) is 11.1 Å². The summed E-state index contributed by atoms with van der Waals surface area (Å²) >= 11 is 0. The highest BCUT2D eigenvalue weighted by molar-refractivity contribution is 5.72. The van der Waals surface area contributed by atoms with Gasteiger partial charge in [0.05, 0.1) is 5.56 Å². The predicted octanol–water partition coefficient (Wildman–Crippen LogP) is 8.03. The van der Waals surface area contributed by atoms with Crippen LogP contribution in [0, 0.1) is 27.7 Å². The van der Waals surface area contributed by atoms with Crippen molar-refractivity contribution < 1.29 is 9.84 Å². The van der Waals surface area contributed by atoms with E-state index in [1.54, 1.807) is 18.2 Å². The molecule has 0 atom stereocenters. The van der Waals surface area contributed by atoms with E-state index in [2.05, 4.69) is 58.5 Å². The minimum Gasteiger partial charge on any atom is -0.507 e. The van der Waals surface area contributed by atoms with Crippen LogP contribution in [0.15, 0.2) is 85.4 Å². The number of hydrogen-bond donors (Lipinski definition) is 1. The first kappa shape index (κ1) is 25.9. The van der Waals surface area contributed by atoms with Gasteiger partial charge in [-0.3, -0.25) is 0 Å². The summed E-state index contributed by atoms with van der Waals surface area (Å²) in [5, 5.41) is 11.0. The lowest BCUT2D eigenvalue weighted by atomic mass is 10.0. The summed E-state index contributed by atoms with van der Waals surface area (Å²) < 4.78 is 5.94. The molecular weight excluding hydrogens is 482 g/mol. The zero-order valence-corrected chi connectivity index (χ0v) is 22.7. The van der Waals surface area contributed by atoms with Crippen molar-refractivity contribution in [2.24, 2.45) is 0 Å². The standard InChI is InChI=1S/C34H31N3O2/c1-6-25-9-11-26(12-10-25)20-39-27-13-16-30(31(38)19-27)34-36-32(28-14-7-21(2)17-23(28)4)35-33(37-34)29-15-8-22(3)18-24(29)5/h6-19,38H,1,20H2,2-5H3. The molecule has 39 heavy (non-hydrogen) atoms. The van der Waals surface area contributed by atoms with Crippen molar-refractivity contribution in [3.8, 4) is 45.7 Å². The third kappa shape index (κ3) is 5.73. The van der Waals surface area contributed by atoms with Crippen molar-refractivity contribution in [2.45, 2.75) is 34.3 Å². The topological polar surface area (TPSA) is 68.1 Å². The van der Waals surface area contributed by atoms with Crippen molar-refractivity contribution in [1.29, 1.82) is 0 Å². The van der Waals surface area contributed by atoms with Gasteiger partial charge in [-0.15, -0.1) is 0 Å². The number of aromatic nitrogens is 3. The highest BCUT2D eigenvalue weighted by atomic mass is 16.5. The Hall–Kier alpha value is -4.77. The number of hydrogen-bond acceptors (Lipinski definition) is 5. The van der Waals surface area contributed by atoms with Gasteiger partial charge < -0.3 is 9.84 Å². The molecule has 0 unspecified atom stereocenters. The van der Waals surface area contributed by atoms with Crippen molar-refractivity contribution in [3.05, 3.63) is 119 Å². The molecular formula is C34H31N3O2. The molecule has 0 bridgehead atoms. The van der Waals surface area contributed by atoms with Gasteiger partial charge in [-0.25, -0.2) is 15.0 Å². The van der Waals surface area contributed by atoms with Crippen LogP contribution >= 0.6 is 0 Å². The van der Waals surface area contributed by atoms with Crippen molar-refractivity contribution >= 4 is 6.08 Å². The maximum Gasteiger partial charge on any atom is 0.167 e. The summed E-state index contributed by atoms with van der Waals surface area (Å²) in [6.07, 6.45) is 1.81. The monoisotopic (exact) mass is 513 g/mol. The average molecular weight is 514 g/mol. The molecule has 0 spiro atoms. The summed E-state index contributed by atoms with van der Waals surface area (Å²) in [5.74, 6) is 2.13. The summed E-state index contributed by atoms with van der Waals surface area (Å²) in [7, 11) is 0. The fourth-order valence-corrected chi connectivity index (χ4v) is 4.57. The number of rotatable bonds is 7. The SMILES string of the molecule is C=Cc1ccc(COc2ccc(-c3nc(-c4ccc(C)cc4C)nc(-c4ccc(C)cc4C)n3)c(O)c2)cc1. The maximum absolute atomic E-state index is 11.0. The highest BCUT2D eigenvalue weighted by Gasteiger charge is 2.17. The molecule has 5 nitrogen and oxygen atoms in total. The third-order valence-electron chi connectivity index (χ3n) is 6.71. The number of ether oxygens (including phenoxy) is 1. The summed E-state index contributed by atoms with van der Waals surface area (Å²) in [6.45, 7) is 12.4. The number of aromatic hydroxyl groups is 1. The Kier molecular flexibility index (Phi) is 7.24. The Morgan fingerprint density at radius 1 is 0.667 bits per heavy atom. The number of aryl methyl sites for hydroxylation is 4. The molecule has 0 amide bonds. The summed E-state index contributed by atoms with van der Waals surface area (Å²) in [6, 6.07) is 25.6. The van der Waals surface area contributed by atoms with Crippen LogP contribution in [-0.2, 0) is 6.61 Å². The summed E-state index contributed by atoms with van der Waals surface area (Å²) in [5.41, 5.74) is 8.94. The van der Waals surface area contributed by atoms with E-state index in [1.807, 2.05) is 42.5 Å². The number of phenols is 1. The lowest BCUT2D eigenvalue weighted by Crippen LogP contribution is -2.02. The molecule has 5 rings (SSSR count). The van der Waals surface area contributed by atoms with Crippen LogP contribution < -0.4 is 4.74 Å². The smallest absolute Gasteiger partial charge is 0.167 e. The highest BCUT2D eigenvalue weighted by Crippen LogP contribution is 2.34. The molecule has 0 aliphatic heterocycles. The zero-order valence-electron chi connectivity index (χ0n) is 22.7. The Morgan fingerprint density at radius 3 is 1.67 bits per heavy atom. The van der Waals surface area contributed by atoms with Crippen LogP contribution in [0.3, 0.4) is 0 Å². The van der Waals surface area contributed by atoms with Crippen LogP contribution in [0.4, 0.5) is 0 Å². The van der Waals surface area contributed by atoms with Crippen molar-refractivity contribution in [2.75, 3.05) is 0 Å². The molecule has 0 radical (unpaired) electrons. The van der Waals surface area contributed by atoms with E-state index < -0.39 is 0 Å². The second-order valence-electron chi connectivity index (χ2n) is 9.86. The Bertz CT molecular complexity index is 1600. The van der Waals surface area contributed by atoms with E-state index in [9.17, 15) is 5.11 Å². The third-order valence-corrected chi connectivity index (χ3v) is 6.71. The lowest BCUT2D eigenvalue weighted by Gasteiger charge is -2.13. The largest absolute Gasteiger partial charge is 0.507 e. The van der Waals surface area contributed by atoms with Gasteiger partial charge in [-0.05, 0) is 62.1 Å². The molecule has 1 N–H and O–H groups in total. The quantitative estimate of drug-likeness (QED) is 0.239. The van der Waals surface area contributed by atoms with Crippen LogP contribution in [0.2, 0.25) is 0 Å². The van der Waals surface area contributed by atoms with Gasteiger partial charge in [-0.1, -0.05) is 84.4 Å². The number of nitrogens with zero attached hydrogens (tertiary/aromatic N) is 3. The van der Waals surface area contributed by atoms with Crippen LogP contribution in [0.1, 0.15) is 33.4 Å². The molecule has 194 valence electrons.